The Morgan fingerprint density at radius 2 is 2.17 bits per heavy atom. The summed E-state index contributed by atoms with van der Waals surface area (Å²) in [7, 11) is 2.08. The number of nitrogens with one attached hydrogen (secondary N) is 2. The fraction of sp³-hybridized carbons (Fsp3) is 1.00. The highest BCUT2D eigenvalue weighted by atomic mass is 14.9. The van der Waals surface area contributed by atoms with Gasteiger partial charge in [0.2, 0.25) is 0 Å². The van der Waals surface area contributed by atoms with Gasteiger partial charge in [-0.25, -0.2) is 0 Å². The van der Waals surface area contributed by atoms with Crippen molar-refractivity contribution in [2.24, 2.45) is 11.8 Å². The first-order valence-electron chi connectivity index (χ1n) is 5.13. The van der Waals surface area contributed by atoms with E-state index in [1.807, 2.05) is 0 Å². The first kappa shape index (κ1) is 10.0. The Hall–Kier alpha value is -0.0800. The third kappa shape index (κ3) is 2.46. The van der Waals surface area contributed by atoms with Gasteiger partial charge in [-0.1, -0.05) is 13.8 Å². The quantitative estimate of drug-likeness (QED) is 0.665. The van der Waals surface area contributed by atoms with Gasteiger partial charge in [0.25, 0.3) is 0 Å². The van der Waals surface area contributed by atoms with E-state index in [-0.39, 0.29) is 0 Å². The predicted octanol–water partition coefficient (Wildman–Crippen LogP) is 1.23. The summed E-state index contributed by atoms with van der Waals surface area (Å²) < 4.78 is 0. The summed E-state index contributed by atoms with van der Waals surface area (Å²) in [6, 6.07) is 0.692. The normalized spacial score (nSPS) is 27.5. The molecule has 12 heavy (non-hydrogen) atoms. The van der Waals surface area contributed by atoms with Gasteiger partial charge in [0.15, 0.2) is 0 Å². The molecule has 0 spiro atoms. The second-order valence-electron chi connectivity index (χ2n) is 4.16. The van der Waals surface area contributed by atoms with E-state index >= 15 is 0 Å². The van der Waals surface area contributed by atoms with Gasteiger partial charge in [0, 0.05) is 6.04 Å². The van der Waals surface area contributed by atoms with E-state index in [2.05, 4.69) is 31.5 Å². The van der Waals surface area contributed by atoms with Crippen molar-refractivity contribution in [3.05, 3.63) is 0 Å². The zero-order valence-electron chi connectivity index (χ0n) is 8.56. The lowest BCUT2D eigenvalue weighted by Gasteiger charge is -2.33. The molecule has 0 aromatic heterocycles. The molecule has 0 unspecified atom stereocenters. The molecule has 2 N–H and O–H groups in total. The molecule has 1 fully saturated rings. The molecule has 0 aliphatic carbocycles. The Kier molecular flexibility index (Phi) is 4.02. The fourth-order valence-electron chi connectivity index (χ4n) is 2.30. The van der Waals surface area contributed by atoms with Crippen molar-refractivity contribution in [1.82, 2.24) is 10.6 Å². The molecule has 1 rings (SSSR count). The van der Waals surface area contributed by atoms with Crippen molar-refractivity contribution in [2.45, 2.75) is 32.7 Å². The van der Waals surface area contributed by atoms with E-state index in [1.165, 1.54) is 25.9 Å². The van der Waals surface area contributed by atoms with Gasteiger partial charge in [-0.3, -0.25) is 0 Å². The summed E-state index contributed by atoms with van der Waals surface area (Å²) in [4.78, 5) is 0. The van der Waals surface area contributed by atoms with E-state index in [0.717, 1.165) is 11.8 Å². The highest BCUT2D eigenvalue weighted by Crippen LogP contribution is 2.19. The summed E-state index contributed by atoms with van der Waals surface area (Å²) in [5.41, 5.74) is 0. The summed E-state index contributed by atoms with van der Waals surface area (Å²) in [5, 5.41) is 6.90. The zero-order chi connectivity index (χ0) is 8.97. The average Bonchev–Trinajstić information content (AvgIpc) is 2.07. The Morgan fingerprint density at radius 3 is 2.58 bits per heavy atom. The summed E-state index contributed by atoms with van der Waals surface area (Å²) in [5.74, 6) is 1.59. The number of rotatable bonds is 3. The summed E-state index contributed by atoms with van der Waals surface area (Å²) >= 11 is 0. The molecule has 0 saturated carbocycles. The Morgan fingerprint density at radius 1 is 1.42 bits per heavy atom. The van der Waals surface area contributed by atoms with Crippen molar-refractivity contribution in [3.8, 4) is 0 Å². The predicted molar refractivity (Wildman–Crippen MR) is 53.3 cm³/mol. The first-order valence-corrected chi connectivity index (χ1v) is 5.13. The van der Waals surface area contributed by atoms with Gasteiger partial charge < -0.3 is 10.6 Å². The zero-order valence-corrected chi connectivity index (χ0v) is 8.56. The van der Waals surface area contributed by atoms with Crippen LogP contribution in [0.5, 0.6) is 0 Å². The maximum Gasteiger partial charge on any atom is 0.0127 e. The highest BCUT2D eigenvalue weighted by molar-refractivity contribution is 4.82. The van der Waals surface area contributed by atoms with E-state index in [1.54, 1.807) is 0 Å². The van der Waals surface area contributed by atoms with Gasteiger partial charge in [-0.05, 0) is 44.8 Å². The van der Waals surface area contributed by atoms with Crippen molar-refractivity contribution in [1.29, 1.82) is 0 Å². The van der Waals surface area contributed by atoms with Crippen LogP contribution in [-0.2, 0) is 0 Å². The second-order valence-corrected chi connectivity index (χ2v) is 4.16. The van der Waals surface area contributed by atoms with Crippen LogP contribution in [0.1, 0.15) is 26.7 Å². The lowest BCUT2D eigenvalue weighted by Crippen LogP contribution is -2.45. The summed E-state index contributed by atoms with van der Waals surface area (Å²) in [6.45, 7) is 7.01. The standard InChI is InChI=1S/C10H22N2/c1-8(2)10(11-3)9-5-4-6-12-7-9/h8-12H,4-7H2,1-3H3/t9-,10-/m1/s1. The first-order chi connectivity index (χ1) is 5.75. The van der Waals surface area contributed by atoms with Crippen LogP contribution < -0.4 is 10.6 Å². The lowest BCUT2D eigenvalue weighted by atomic mass is 9.85. The van der Waals surface area contributed by atoms with Crippen LogP contribution in [0, 0.1) is 11.8 Å². The minimum absolute atomic E-state index is 0.692. The molecule has 72 valence electrons. The van der Waals surface area contributed by atoms with Gasteiger partial charge in [0.1, 0.15) is 0 Å². The maximum absolute atomic E-state index is 3.46. The largest absolute Gasteiger partial charge is 0.316 e. The fourth-order valence-corrected chi connectivity index (χ4v) is 2.30. The van der Waals surface area contributed by atoms with Gasteiger partial charge in [-0.2, -0.15) is 0 Å². The molecule has 1 heterocycles. The van der Waals surface area contributed by atoms with Crippen LogP contribution in [0.2, 0.25) is 0 Å². The van der Waals surface area contributed by atoms with E-state index in [4.69, 9.17) is 0 Å². The Labute approximate surface area is 76.1 Å². The third-order valence-electron chi connectivity index (χ3n) is 2.89. The van der Waals surface area contributed by atoms with Gasteiger partial charge in [-0.15, -0.1) is 0 Å². The molecule has 1 saturated heterocycles. The van der Waals surface area contributed by atoms with Gasteiger partial charge >= 0.3 is 0 Å². The van der Waals surface area contributed by atoms with Crippen molar-refractivity contribution in [2.75, 3.05) is 20.1 Å². The monoisotopic (exact) mass is 170 g/mol. The second kappa shape index (κ2) is 4.83. The minimum Gasteiger partial charge on any atom is -0.316 e. The van der Waals surface area contributed by atoms with Crippen LogP contribution >= 0.6 is 0 Å². The number of hydrogen-bond acceptors (Lipinski definition) is 2. The SMILES string of the molecule is CN[C@H](C(C)C)[C@@H]1CCCNC1. The topological polar surface area (TPSA) is 24.1 Å². The molecular formula is C10H22N2. The third-order valence-corrected chi connectivity index (χ3v) is 2.89. The minimum atomic E-state index is 0.692. The van der Waals surface area contributed by atoms with E-state index in [0.29, 0.717) is 6.04 Å². The molecule has 0 radical (unpaired) electrons. The number of hydrogen-bond donors (Lipinski definition) is 2. The molecule has 2 heteroatoms. The molecule has 0 amide bonds. The van der Waals surface area contributed by atoms with Crippen molar-refractivity contribution in [3.63, 3.8) is 0 Å². The van der Waals surface area contributed by atoms with Crippen LogP contribution in [0.25, 0.3) is 0 Å². The summed E-state index contributed by atoms with van der Waals surface area (Å²) in [6.07, 6.45) is 2.73. The smallest absolute Gasteiger partial charge is 0.0127 e. The molecule has 0 aromatic rings. The van der Waals surface area contributed by atoms with Crippen molar-refractivity contribution >= 4 is 0 Å². The van der Waals surface area contributed by atoms with Crippen LogP contribution in [0.15, 0.2) is 0 Å². The Balaban J connectivity index is 2.40. The molecular weight excluding hydrogens is 148 g/mol. The molecule has 0 bridgehead atoms. The lowest BCUT2D eigenvalue weighted by molar-refractivity contribution is 0.246. The highest BCUT2D eigenvalue weighted by Gasteiger charge is 2.24. The Bertz CT molecular complexity index is 117. The molecule has 1 aliphatic rings. The van der Waals surface area contributed by atoms with Crippen LogP contribution in [0.3, 0.4) is 0 Å². The van der Waals surface area contributed by atoms with Gasteiger partial charge in [0.05, 0.1) is 0 Å². The molecule has 2 atom stereocenters. The molecule has 2 nitrogen and oxygen atoms in total. The van der Waals surface area contributed by atoms with Crippen molar-refractivity contribution < 1.29 is 0 Å². The molecule has 1 aliphatic heterocycles. The maximum atomic E-state index is 3.46. The van der Waals surface area contributed by atoms with E-state index < -0.39 is 0 Å². The van der Waals surface area contributed by atoms with E-state index in [9.17, 15) is 0 Å². The number of piperidine rings is 1. The van der Waals surface area contributed by atoms with Crippen LogP contribution in [-0.4, -0.2) is 26.2 Å². The molecule has 0 aromatic carbocycles. The van der Waals surface area contributed by atoms with Crippen LogP contribution in [0.4, 0.5) is 0 Å². The average molecular weight is 170 g/mol.